The molecule has 1 rings (SSSR count). The Morgan fingerprint density at radius 3 is 2.25 bits per heavy atom. The minimum Gasteiger partial charge on any atom is -0.351 e. The van der Waals surface area contributed by atoms with Gasteiger partial charge < -0.3 is 15.2 Å². The van der Waals surface area contributed by atoms with Gasteiger partial charge in [-0.1, -0.05) is 39.5 Å². The third kappa shape index (κ3) is 4.81. The SMILES string of the molecule is CCCCCCCC1OCC(N)(CC)CO1. The summed E-state index contributed by atoms with van der Waals surface area (Å²) in [5.74, 6) is 0. The average molecular weight is 229 g/mol. The Kier molecular flexibility index (Phi) is 6.32. The minimum atomic E-state index is -0.251. The van der Waals surface area contributed by atoms with Crippen LogP contribution in [0.3, 0.4) is 0 Å². The van der Waals surface area contributed by atoms with E-state index in [1.54, 1.807) is 0 Å². The normalized spacial score (nSPS) is 30.6. The van der Waals surface area contributed by atoms with Crippen LogP contribution in [-0.4, -0.2) is 25.0 Å². The number of hydrogen-bond donors (Lipinski definition) is 1. The van der Waals surface area contributed by atoms with Crippen LogP contribution in [0.1, 0.15) is 58.8 Å². The number of ether oxygens (including phenoxy) is 2. The molecular formula is C13H27NO2. The van der Waals surface area contributed by atoms with E-state index in [0.29, 0.717) is 13.2 Å². The lowest BCUT2D eigenvalue weighted by Gasteiger charge is -2.36. The first-order chi connectivity index (χ1) is 7.70. The van der Waals surface area contributed by atoms with Crippen molar-refractivity contribution in [1.82, 2.24) is 0 Å². The maximum atomic E-state index is 6.06. The molecule has 1 fully saturated rings. The second-order valence-corrected chi connectivity index (χ2v) is 4.97. The van der Waals surface area contributed by atoms with E-state index < -0.39 is 0 Å². The Labute approximate surface area is 99.7 Å². The molecular weight excluding hydrogens is 202 g/mol. The van der Waals surface area contributed by atoms with Crippen molar-refractivity contribution in [2.24, 2.45) is 5.73 Å². The van der Waals surface area contributed by atoms with E-state index >= 15 is 0 Å². The van der Waals surface area contributed by atoms with Crippen LogP contribution in [0.5, 0.6) is 0 Å². The van der Waals surface area contributed by atoms with Gasteiger partial charge in [-0.15, -0.1) is 0 Å². The van der Waals surface area contributed by atoms with E-state index in [9.17, 15) is 0 Å². The molecule has 0 aromatic carbocycles. The molecule has 0 aromatic heterocycles. The lowest BCUT2D eigenvalue weighted by atomic mass is 9.99. The minimum absolute atomic E-state index is 0.00940. The molecule has 3 heteroatoms. The van der Waals surface area contributed by atoms with Crippen LogP contribution in [0.4, 0.5) is 0 Å². The number of rotatable bonds is 7. The summed E-state index contributed by atoms with van der Waals surface area (Å²) in [6, 6.07) is 0. The monoisotopic (exact) mass is 229 g/mol. The van der Waals surface area contributed by atoms with Gasteiger partial charge in [-0.25, -0.2) is 0 Å². The standard InChI is InChI=1S/C13H27NO2/c1-3-5-6-7-8-9-12-15-10-13(14,4-2)11-16-12/h12H,3-11,14H2,1-2H3. The summed E-state index contributed by atoms with van der Waals surface area (Å²) < 4.78 is 11.3. The molecule has 0 amide bonds. The first-order valence-corrected chi connectivity index (χ1v) is 6.72. The molecule has 0 atom stereocenters. The summed E-state index contributed by atoms with van der Waals surface area (Å²) in [6.07, 6.45) is 8.38. The quantitative estimate of drug-likeness (QED) is 0.683. The Bertz CT molecular complexity index is 177. The van der Waals surface area contributed by atoms with Crippen molar-refractivity contribution >= 4 is 0 Å². The van der Waals surface area contributed by atoms with Gasteiger partial charge >= 0.3 is 0 Å². The summed E-state index contributed by atoms with van der Waals surface area (Å²) >= 11 is 0. The van der Waals surface area contributed by atoms with Crippen LogP contribution >= 0.6 is 0 Å². The average Bonchev–Trinajstić information content (AvgIpc) is 2.31. The summed E-state index contributed by atoms with van der Waals surface area (Å²) in [5.41, 5.74) is 5.81. The van der Waals surface area contributed by atoms with Gasteiger partial charge in [0.1, 0.15) is 0 Å². The molecule has 0 aromatic rings. The van der Waals surface area contributed by atoms with Crippen LogP contribution in [0, 0.1) is 0 Å². The van der Waals surface area contributed by atoms with Gasteiger partial charge in [0.05, 0.1) is 18.8 Å². The van der Waals surface area contributed by atoms with Crippen molar-refractivity contribution in [3.8, 4) is 0 Å². The molecule has 16 heavy (non-hydrogen) atoms. The lowest BCUT2D eigenvalue weighted by molar-refractivity contribution is -0.209. The van der Waals surface area contributed by atoms with Gasteiger partial charge in [0.25, 0.3) is 0 Å². The highest BCUT2D eigenvalue weighted by Gasteiger charge is 2.31. The Morgan fingerprint density at radius 2 is 1.69 bits per heavy atom. The van der Waals surface area contributed by atoms with Crippen molar-refractivity contribution in [3.05, 3.63) is 0 Å². The Morgan fingerprint density at radius 1 is 1.06 bits per heavy atom. The Hall–Kier alpha value is -0.120. The zero-order valence-electron chi connectivity index (χ0n) is 10.8. The fourth-order valence-corrected chi connectivity index (χ4v) is 1.89. The molecule has 96 valence electrons. The topological polar surface area (TPSA) is 44.5 Å². The number of hydrogen-bond acceptors (Lipinski definition) is 3. The van der Waals surface area contributed by atoms with Gasteiger partial charge in [0.2, 0.25) is 0 Å². The van der Waals surface area contributed by atoms with Crippen molar-refractivity contribution in [2.75, 3.05) is 13.2 Å². The Balaban J connectivity index is 2.04. The lowest BCUT2D eigenvalue weighted by Crippen LogP contribution is -2.53. The molecule has 3 nitrogen and oxygen atoms in total. The van der Waals surface area contributed by atoms with E-state index in [2.05, 4.69) is 13.8 Å². The third-order valence-electron chi connectivity index (χ3n) is 3.36. The summed E-state index contributed by atoms with van der Waals surface area (Å²) in [5, 5.41) is 0. The van der Waals surface area contributed by atoms with Crippen LogP contribution in [-0.2, 0) is 9.47 Å². The van der Waals surface area contributed by atoms with Crippen molar-refractivity contribution in [3.63, 3.8) is 0 Å². The number of unbranched alkanes of at least 4 members (excludes halogenated alkanes) is 4. The van der Waals surface area contributed by atoms with Gasteiger partial charge in [-0.05, 0) is 19.3 Å². The first kappa shape index (κ1) is 13.9. The first-order valence-electron chi connectivity index (χ1n) is 6.72. The fraction of sp³-hybridized carbons (Fsp3) is 1.00. The van der Waals surface area contributed by atoms with E-state index in [0.717, 1.165) is 12.8 Å². The van der Waals surface area contributed by atoms with E-state index in [4.69, 9.17) is 15.2 Å². The highest BCUT2D eigenvalue weighted by atomic mass is 16.7. The number of nitrogens with two attached hydrogens (primary N) is 1. The van der Waals surface area contributed by atoms with Crippen molar-refractivity contribution in [2.45, 2.75) is 70.6 Å². The second kappa shape index (κ2) is 7.25. The molecule has 0 saturated carbocycles. The summed E-state index contributed by atoms with van der Waals surface area (Å²) in [4.78, 5) is 0. The molecule has 1 saturated heterocycles. The van der Waals surface area contributed by atoms with Crippen molar-refractivity contribution in [1.29, 1.82) is 0 Å². The summed E-state index contributed by atoms with van der Waals surface area (Å²) in [6.45, 7) is 5.60. The molecule has 0 unspecified atom stereocenters. The largest absolute Gasteiger partial charge is 0.351 e. The van der Waals surface area contributed by atoms with Gasteiger partial charge in [-0.3, -0.25) is 0 Å². The molecule has 1 heterocycles. The molecule has 1 aliphatic rings. The zero-order chi connectivity index (χ0) is 11.9. The molecule has 2 N–H and O–H groups in total. The molecule has 1 aliphatic heterocycles. The predicted molar refractivity (Wildman–Crippen MR) is 66.3 cm³/mol. The highest BCUT2D eigenvalue weighted by molar-refractivity contribution is 4.84. The fourth-order valence-electron chi connectivity index (χ4n) is 1.89. The predicted octanol–water partition coefficient (Wildman–Crippen LogP) is 2.83. The smallest absolute Gasteiger partial charge is 0.157 e. The van der Waals surface area contributed by atoms with Crippen molar-refractivity contribution < 1.29 is 9.47 Å². The molecule has 0 aliphatic carbocycles. The van der Waals surface area contributed by atoms with Gasteiger partial charge in [0.15, 0.2) is 6.29 Å². The molecule has 0 radical (unpaired) electrons. The van der Waals surface area contributed by atoms with Crippen LogP contribution in [0.25, 0.3) is 0 Å². The highest BCUT2D eigenvalue weighted by Crippen LogP contribution is 2.20. The maximum Gasteiger partial charge on any atom is 0.157 e. The van der Waals surface area contributed by atoms with Crippen LogP contribution in [0.15, 0.2) is 0 Å². The van der Waals surface area contributed by atoms with Crippen LogP contribution in [0.2, 0.25) is 0 Å². The molecule has 0 spiro atoms. The van der Waals surface area contributed by atoms with E-state index in [-0.39, 0.29) is 11.8 Å². The van der Waals surface area contributed by atoms with Gasteiger partial charge in [0, 0.05) is 0 Å². The van der Waals surface area contributed by atoms with Gasteiger partial charge in [-0.2, -0.15) is 0 Å². The van der Waals surface area contributed by atoms with E-state index in [1.165, 1.54) is 32.1 Å². The molecule has 0 bridgehead atoms. The second-order valence-electron chi connectivity index (χ2n) is 4.97. The van der Waals surface area contributed by atoms with Crippen LogP contribution < -0.4 is 5.73 Å². The summed E-state index contributed by atoms with van der Waals surface area (Å²) in [7, 11) is 0. The maximum absolute atomic E-state index is 6.06. The zero-order valence-corrected chi connectivity index (χ0v) is 10.8. The third-order valence-corrected chi connectivity index (χ3v) is 3.36. The van der Waals surface area contributed by atoms with E-state index in [1.807, 2.05) is 0 Å².